The Kier molecular flexibility index (Phi) is 3.61. The molecule has 2 aromatic rings. The number of hydrogen-bond donors (Lipinski definition) is 0. The first-order chi connectivity index (χ1) is 11.7. The van der Waals surface area contributed by atoms with Crippen LogP contribution in [0.25, 0.3) is 11.4 Å². The van der Waals surface area contributed by atoms with Crippen LogP contribution in [0.4, 0.5) is 0 Å². The number of aromatic nitrogens is 2. The molecule has 24 heavy (non-hydrogen) atoms. The van der Waals surface area contributed by atoms with Gasteiger partial charge in [0.1, 0.15) is 5.69 Å². The molecule has 4 rings (SSSR count). The van der Waals surface area contributed by atoms with Crippen LogP contribution in [0.3, 0.4) is 0 Å². The molecule has 1 aliphatic heterocycles. The normalized spacial score (nSPS) is 25.5. The van der Waals surface area contributed by atoms with E-state index in [0.29, 0.717) is 17.3 Å². The van der Waals surface area contributed by atoms with Crippen LogP contribution in [0.1, 0.15) is 36.2 Å². The third-order valence-corrected chi connectivity index (χ3v) is 5.22. The maximum absolute atomic E-state index is 12.7. The van der Waals surface area contributed by atoms with E-state index in [4.69, 9.17) is 10.9 Å². The van der Waals surface area contributed by atoms with E-state index in [-0.39, 0.29) is 17.1 Å². The first-order valence-corrected chi connectivity index (χ1v) is 8.30. The van der Waals surface area contributed by atoms with Crippen molar-refractivity contribution in [1.29, 1.82) is 0 Å². The molecule has 1 amide bonds. The molecule has 1 saturated carbocycles. The van der Waals surface area contributed by atoms with Gasteiger partial charge in [-0.05, 0) is 42.7 Å². The Morgan fingerprint density at radius 1 is 1.42 bits per heavy atom. The Morgan fingerprint density at radius 2 is 2.29 bits per heavy atom. The summed E-state index contributed by atoms with van der Waals surface area (Å²) in [7, 11) is 0. The zero-order valence-electron chi connectivity index (χ0n) is 13.4. The van der Waals surface area contributed by atoms with Crippen LogP contribution >= 0.6 is 0 Å². The predicted octanol–water partition coefficient (Wildman–Crippen LogP) is 3.00. The molecular weight excluding hydrogens is 302 g/mol. The van der Waals surface area contributed by atoms with E-state index in [0.717, 1.165) is 38.8 Å². The lowest BCUT2D eigenvalue weighted by molar-refractivity contribution is 0.0537. The summed E-state index contributed by atoms with van der Waals surface area (Å²) in [5.41, 5.74) is 1.57. The highest BCUT2D eigenvalue weighted by atomic mass is 16.5. The molecule has 0 atom stereocenters. The van der Waals surface area contributed by atoms with E-state index in [1.807, 2.05) is 23.1 Å². The largest absolute Gasteiger partial charge is 0.350 e. The number of hydrogen-bond acceptors (Lipinski definition) is 4. The summed E-state index contributed by atoms with van der Waals surface area (Å²) >= 11 is 0. The molecule has 0 bridgehead atoms. The summed E-state index contributed by atoms with van der Waals surface area (Å²) in [5.74, 6) is 3.58. The van der Waals surface area contributed by atoms with E-state index in [1.165, 1.54) is 0 Å². The highest BCUT2D eigenvalue weighted by Gasteiger charge is 2.49. The van der Waals surface area contributed by atoms with Gasteiger partial charge in [-0.2, -0.15) is 0 Å². The molecule has 1 spiro atoms. The van der Waals surface area contributed by atoms with Crippen LogP contribution in [-0.4, -0.2) is 34.0 Å². The number of terminal acetylenes is 1. The lowest BCUT2D eigenvalue weighted by Crippen LogP contribution is -2.40. The topological polar surface area (TPSA) is 59.2 Å². The molecule has 2 aliphatic rings. The molecule has 0 aromatic carbocycles. The van der Waals surface area contributed by atoms with Crippen LogP contribution in [0, 0.1) is 23.7 Å². The van der Waals surface area contributed by atoms with Crippen molar-refractivity contribution in [2.24, 2.45) is 11.3 Å². The molecule has 122 valence electrons. The third-order valence-electron chi connectivity index (χ3n) is 5.22. The van der Waals surface area contributed by atoms with Crippen molar-refractivity contribution >= 4 is 5.91 Å². The maximum atomic E-state index is 12.7. The lowest BCUT2D eigenvalue weighted by atomic mass is 9.60. The van der Waals surface area contributed by atoms with Crippen LogP contribution < -0.4 is 0 Å². The smallest absolute Gasteiger partial charge is 0.292 e. The number of carbonyl (C=O) groups is 1. The van der Waals surface area contributed by atoms with Crippen LogP contribution in [0.5, 0.6) is 0 Å². The van der Waals surface area contributed by atoms with Gasteiger partial charge in [-0.15, -0.1) is 12.3 Å². The Balaban J connectivity index is 1.43. The van der Waals surface area contributed by atoms with Crippen molar-refractivity contribution < 1.29 is 9.32 Å². The van der Waals surface area contributed by atoms with Crippen molar-refractivity contribution in [2.75, 3.05) is 13.1 Å². The van der Waals surface area contributed by atoms with Crippen LogP contribution in [-0.2, 0) is 0 Å². The van der Waals surface area contributed by atoms with Gasteiger partial charge in [0.2, 0.25) is 5.76 Å². The van der Waals surface area contributed by atoms with Gasteiger partial charge >= 0.3 is 0 Å². The molecule has 3 heterocycles. The quantitative estimate of drug-likeness (QED) is 0.815. The summed E-state index contributed by atoms with van der Waals surface area (Å²) in [5, 5.41) is 3.98. The van der Waals surface area contributed by atoms with Crippen molar-refractivity contribution in [3.05, 3.63) is 36.2 Å². The summed E-state index contributed by atoms with van der Waals surface area (Å²) in [6.45, 7) is 1.58. The van der Waals surface area contributed by atoms with Gasteiger partial charge in [0, 0.05) is 31.8 Å². The average Bonchev–Trinajstić information content (AvgIpc) is 3.23. The fraction of sp³-hybridized carbons (Fsp3) is 0.421. The first-order valence-electron chi connectivity index (χ1n) is 8.30. The fourth-order valence-electron chi connectivity index (χ4n) is 4.08. The molecule has 5 nitrogen and oxygen atoms in total. The summed E-state index contributed by atoms with van der Waals surface area (Å²) in [6.07, 6.45) is 11.3. The SMILES string of the molecule is C#CCC1CC2(CCN(C(=O)c3cc(-c4ccccn4)no3)C2)C1. The fourth-order valence-corrected chi connectivity index (χ4v) is 4.08. The third kappa shape index (κ3) is 2.58. The molecule has 5 heteroatoms. The minimum absolute atomic E-state index is 0.0815. The number of likely N-dealkylation sites (tertiary alicyclic amines) is 1. The highest BCUT2D eigenvalue weighted by molar-refractivity contribution is 5.92. The minimum atomic E-state index is -0.0815. The first kappa shape index (κ1) is 14.9. The minimum Gasteiger partial charge on any atom is -0.350 e. The molecule has 2 fully saturated rings. The number of rotatable bonds is 3. The Morgan fingerprint density at radius 3 is 3.04 bits per heavy atom. The second kappa shape index (κ2) is 5.79. The summed E-state index contributed by atoms with van der Waals surface area (Å²) in [6, 6.07) is 7.24. The van der Waals surface area contributed by atoms with Gasteiger partial charge in [0.25, 0.3) is 5.91 Å². The van der Waals surface area contributed by atoms with Crippen molar-refractivity contribution in [1.82, 2.24) is 15.0 Å². The summed E-state index contributed by atoms with van der Waals surface area (Å²) < 4.78 is 5.27. The second-order valence-corrected chi connectivity index (χ2v) is 6.95. The highest BCUT2D eigenvalue weighted by Crippen LogP contribution is 2.52. The monoisotopic (exact) mass is 321 g/mol. The molecule has 0 radical (unpaired) electrons. The van der Waals surface area contributed by atoms with Gasteiger partial charge in [-0.1, -0.05) is 11.2 Å². The van der Waals surface area contributed by atoms with Crippen LogP contribution in [0.2, 0.25) is 0 Å². The van der Waals surface area contributed by atoms with Crippen molar-refractivity contribution in [3.8, 4) is 23.7 Å². The van der Waals surface area contributed by atoms with E-state index in [1.54, 1.807) is 12.3 Å². The Bertz CT molecular complexity index is 784. The molecule has 0 unspecified atom stereocenters. The predicted molar refractivity (Wildman–Crippen MR) is 88.9 cm³/mol. The van der Waals surface area contributed by atoms with E-state index < -0.39 is 0 Å². The van der Waals surface area contributed by atoms with Crippen LogP contribution in [0.15, 0.2) is 35.0 Å². The summed E-state index contributed by atoms with van der Waals surface area (Å²) in [4.78, 5) is 18.8. The standard InChI is InChI=1S/C19H19N3O2/c1-2-5-14-11-19(12-14)7-9-22(13-19)18(23)17-10-16(21-24-17)15-6-3-4-8-20-15/h1,3-4,6,8,10,14H,5,7,9,11-13H2. The van der Waals surface area contributed by atoms with Gasteiger partial charge in [0.05, 0.1) is 5.69 Å². The second-order valence-electron chi connectivity index (χ2n) is 6.95. The number of carbonyl (C=O) groups excluding carboxylic acids is 1. The van der Waals surface area contributed by atoms with E-state index in [9.17, 15) is 4.79 Å². The average molecular weight is 321 g/mol. The Labute approximate surface area is 141 Å². The van der Waals surface area contributed by atoms with E-state index >= 15 is 0 Å². The molecule has 1 aliphatic carbocycles. The number of nitrogens with zero attached hydrogens (tertiary/aromatic N) is 3. The zero-order chi connectivity index (χ0) is 16.6. The zero-order valence-corrected chi connectivity index (χ0v) is 13.4. The lowest BCUT2D eigenvalue weighted by Gasteiger charge is -2.44. The molecule has 1 saturated heterocycles. The van der Waals surface area contributed by atoms with E-state index in [2.05, 4.69) is 16.1 Å². The van der Waals surface area contributed by atoms with Gasteiger partial charge in [0.15, 0.2) is 0 Å². The maximum Gasteiger partial charge on any atom is 0.292 e. The molecule has 0 N–H and O–H groups in total. The van der Waals surface area contributed by atoms with Crippen molar-refractivity contribution in [2.45, 2.75) is 25.7 Å². The van der Waals surface area contributed by atoms with Gasteiger partial charge in [-0.25, -0.2) is 0 Å². The van der Waals surface area contributed by atoms with Gasteiger partial charge in [-0.3, -0.25) is 9.78 Å². The Hall–Kier alpha value is -2.61. The molecular formula is C19H19N3O2. The number of amides is 1. The van der Waals surface area contributed by atoms with Gasteiger partial charge < -0.3 is 9.42 Å². The van der Waals surface area contributed by atoms with Crippen molar-refractivity contribution in [3.63, 3.8) is 0 Å². The number of pyridine rings is 1. The molecule has 2 aromatic heterocycles.